The van der Waals surface area contributed by atoms with Crippen molar-refractivity contribution in [1.82, 2.24) is 15.1 Å². The fraction of sp³-hybridized carbons (Fsp3) is 0.350. The summed E-state index contributed by atoms with van der Waals surface area (Å²) in [5.74, 6) is 0.500. The molecule has 0 amide bonds. The van der Waals surface area contributed by atoms with Gasteiger partial charge in [-0.05, 0) is 36.0 Å². The van der Waals surface area contributed by atoms with Crippen LogP contribution in [0, 0.1) is 5.82 Å². The quantitative estimate of drug-likeness (QED) is 0.814. The average molecular weight is 373 g/mol. The fourth-order valence-electron chi connectivity index (χ4n) is 3.11. The molecule has 1 saturated heterocycles. The van der Waals surface area contributed by atoms with Gasteiger partial charge in [0.15, 0.2) is 5.11 Å². The van der Waals surface area contributed by atoms with E-state index in [0.717, 1.165) is 49.1 Å². The van der Waals surface area contributed by atoms with Crippen molar-refractivity contribution in [2.24, 2.45) is 0 Å². The van der Waals surface area contributed by atoms with Gasteiger partial charge in [0, 0.05) is 44.8 Å². The Kier molecular flexibility index (Phi) is 6.41. The zero-order valence-corrected chi connectivity index (χ0v) is 15.8. The van der Waals surface area contributed by atoms with Crippen molar-refractivity contribution in [2.75, 3.05) is 33.3 Å². The standard InChI is InChI=1S/C20H24FN3OS/c1-25-19-8-7-18(21)13-17(19)15-23-9-11-24(12-10-23)20(26)22-14-16-5-3-2-4-6-16/h2-8,13H,9-12,14-15H2,1H3,(H,22,26). The van der Waals surface area contributed by atoms with Gasteiger partial charge < -0.3 is 15.0 Å². The molecule has 0 saturated carbocycles. The van der Waals surface area contributed by atoms with Gasteiger partial charge in [-0.1, -0.05) is 30.3 Å². The van der Waals surface area contributed by atoms with Crippen molar-refractivity contribution in [3.8, 4) is 5.75 Å². The Bertz CT molecular complexity index is 733. The minimum atomic E-state index is -0.231. The Labute approximate surface area is 159 Å². The van der Waals surface area contributed by atoms with Crippen molar-refractivity contribution in [3.63, 3.8) is 0 Å². The molecule has 0 unspecified atom stereocenters. The van der Waals surface area contributed by atoms with Gasteiger partial charge >= 0.3 is 0 Å². The molecule has 0 spiro atoms. The number of rotatable bonds is 5. The van der Waals surface area contributed by atoms with Gasteiger partial charge in [-0.15, -0.1) is 0 Å². The molecule has 1 fully saturated rings. The van der Waals surface area contributed by atoms with E-state index >= 15 is 0 Å². The van der Waals surface area contributed by atoms with Crippen LogP contribution in [0.5, 0.6) is 5.75 Å². The molecule has 0 atom stereocenters. The second kappa shape index (κ2) is 8.96. The predicted molar refractivity (Wildman–Crippen MR) is 106 cm³/mol. The molecule has 6 heteroatoms. The number of methoxy groups -OCH3 is 1. The number of hydrogen-bond donors (Lipinski definition) is 1. The summed E-state index contributed by atoms with van der Waals surface area (Å²) in [6.45, 7) is 4.90. The Balaban J connectivity index is 1.48. The first-order chi connectivity index (χ1) is 12.7. The van der Waals surface area contributed by atoms with E-state index in [9.17, 15) is 4.39 Å². The highest BCUT2D eigenvalue weighted by atomic mass is 32.1. The first-order valence-corrected chi connectivity index (χ1v) is 9.18. The van der Waals surface area contributed by atoms with E-state index in [0.29, 0.717) is 6.54 Å². The van der Waals surface area contributed by atoms with Gasteiger partial charge in [0.25, 0.3) is 0 Å². The molecule has 1 aliphatic rings. The number of halogens is 1. The second-order valence-corrected chi connectivity index (χ2v) is 6.75. The van der Waals surface area contributed by atoms with Gasteiger partial charge in [0.1, 0.15) is 11.6 Å². The summed E-state index contributed by atoms with van der Waals surface area (Å²) < 4.78 is 18.9. The highest BCUT2D eigenvalue weighted by molar-refractivity contribution is 7.80. The third-order valence-corrected chi connectivity index (χ3v) is 4.99. The monoisotopic (exact) mass is 373 g/mol. The number of piperazine rings is 1. The lowest BCUT2D eigenvalue weighted by molar-refractivity contribution is 0.173. The van der Waals surface area contributed by atoms with Crippen molar-refractivity contribution in [1.29, 1.82) is 0 Å². The molecule has 2 aromatic carbocycles. The number of hydrogen-bond acceptors (Lipinski definition) is 3. The van der Waals surface area contributed by atoms with Crippen LogP contribution >= 0.6 is 12.2 Å². The molecule has 3 rings (SSSR count). The lowest BCUT2D eigenvalue weighted by Gasteiger charge is -2.36. The summed E-state index contributed by atoms with van der Waals surface area (Å²) in [5.41, 5.74) is 2.09. The van der Waals surface area contributed by atoms with E-state index in [1.807, 2.05) is 18.2 Å². The average Bonchev–Trinajstić information content (AvgIpc) is 2.68. The third-order valence-electron chi connectivity index (χ3n) is 4.58. The van der Waals surface area contributed by atoms with Crippen molar-refractivity contribution in [2.45, 2.75) is 13.1 Å². The summed E-state index contributed by atoms with van der Waals surface area (Å²) in [5, 5.41) is 4.12. The van der Waals surface area contributed by atoms with E-state index in [-0.39, 0.29) is 5.82 Å². The first-order valence-electron chi connectivity index (χ1n) is 8.77. The number of nitrogens with zero attached hydrogens (tertiary/aromatic N) is 2. The lowest BCUT2D eigenvalue weighted by atomic mass is 10.1. The lowest BCUT2D eigenvalue weighted by Crippen LogP contribution is -2.51. The molecule has 4 nitrogen and oxygen atoms in total. The van der Waals surface area contributed by atoms with Crippen LogP contribution in [-0.2, 0) is 13.1 Å². The molecule has 0 aromatic heterocycles. The molecule has 1 N–H and O–H groups in total. The molecule has 26 heavy (non-hydrogen) atoms. The van der Waals surface area contributed by atoms with Crippen LogP contribution in [0.25, 0.3) is 0 Å². The largest absolute Gasteiger partial charge is 0.496 e. The van der Waals surface area contributed by atoms with Crippen molar-refractivity contribution < 1.29 is 9.13 Å². The number of benzene rings is 2. The maximum Gasteiger partial charge on any atom is 0.169 e. The molecule has 1 aliphatic heterocycles. The van der Waals surface area contributed by atoms with Crippen LogP contribution in [0.2, 0.25) is 0 Å². The van der Waals surface area contributed by atoms with Gasteiger partial charge in [0.2, 0.25) is 0 Å². The Morgan fingerprint density at radius 2 is 1.85 bits per heavy atom. The normalized spacial score (nSPS) is 14.9. The summed E-state index contributed by atoms with van der Waals surface area (Å²) in [4.78, 5) is 4.49. The number of thiocarbonyl (C=S) groups is 1. The fourth-order valence-corrected chi connectivity index (χ4v) is 3.36. The maximum atomic E-state index is 13.5. The smallest absolute Gasteiger partial charge is 0.169 e. The van der Waals surface area contributed by atoms with Crippen LogP contribution in [0.1, 0.15) is 11.1 Å². The topological polar surface area (TPSA) is 27.7 Å². The van der Waals surface area contributed by atoms with Gasteiger partial charge in [-0.2, -0.15) is 0 Å². The van der Waals surface area contributed by atoms with Crippen molar-refractivity contribution in [3.05, 3.63) is 65.5 Å². The molecule has 0 bridgehead atoms. The number of ether oxygens (including phenoxy) is 1. The minimum absolute atomic E-state index is 0.231. The molecule has 1 heterocycles. The van der Waals surface area contributed by atoms with Crippen LogP contribution in [-0.4, -0.2) is 48.2 Å². The van der Waals surface area contributed by atoms with Gasteiger partial charge in [0.05, 0.1) is 7.11 Å². The Morgan fingerprint density at radius 1 is 1.12 bits per heavy atom. The SMILES string of the molecule is COc1ccc(F)cc1CN1CCN(C(=S)NCc2ccccc2)CC1. The van der Waals surface area contributed by atoms with Gasteiger partial charge in [-0.25, -0.2) is 4.39 Å². The Hall–Kier alpha value is -2.18. The molecular weight excluding hydrogens is 349 g/mol. The zero-order chi connectivity index (χ0) is 18.4. The van der Waals surface area contributed by atoms with Crippen LogP contribution in [0.15, 0.2) is 48.5 Å². The van der Waals surface area contributed by atoms with E-state index in [1.165, 1.54) is 11.6 Å². The summed E-state index contributed by atoms with van der Waals surface area (Å²) in [6.07, 6.45) is 0. The molecular formula is C20H24FN3OS. The van der Waals surface area contributed by atoms with E-state index in [1.54, 1.807) is 19.2 Å². The highest BCUT2D eigenvalue weighted by Crippen LogP contribution is 2.21. The number of nitrogens with one attached hydrogen (secondary N) is 1. The van der Waals surface area contributed by atoms with E-state index in [4.69, 9.17) is 17.0 Å². The van der Waals surface area contributed by atoms with E-state index < -0.39 is 0 Å². The molecule has 2 aromatic rings. The minimum Gasteiger partial charge on any atom is -0.496 e. The van der Waals surface area contributed by atoms with Crippen LogP contribution < -0.4 is 10.1 Å². The predicted octanol–water partition coefficient (Wildman–Crippen LogP) is 3.03. The molecule has 0 aliphatic carbocycles. The van der Waals surface area contributed by atoms with Crippen LogP contribution in [0.3, 0.4) is 0 Å². The Morgan fingerprint density at radius 3 is 2.54 bits per heavy atom. The zero-order valence-electron chi connectivity index (χ0n) is 15.0. The van der Waals surface area contributed by atoms with E-state index in [2.05, 4.69) is 27.2 Å². The summed E-state index contributed by atoms with van der Waals surface area (Å²) >= 11 is 5.52. The molecule has 0 radical (unpaired) electrons. The van der Waals surface area contributed by atoms with Crippen LogP contribution in [0.4, 0.5) is 4.39 Å². The second-order valence-electron chi connectivity index (χ2n) is 6.36. The van der Waals surface area contributed by atoms with Crippen molar-refractivity contribution >= 4 is 17.3 Å². The molecule has 138 valence electrons. The highest BCUT2D eigenvalue weighted by Gasteiger charge is 2.20. The summed E-state index contributed by atoms with van der Waals surface area (Å²) in [6, 6.07) is 14.9. The summed E-state index contributed by atoms with van der Waals surface area (Å²) in [7, 11) is 1.62. The third kappa shape index (κ3) is 4.93. The first kappa shape index (κ1) is 18.6. The maximum absolute atomic E-state index is 13.5. The van der Waals surface area contributed by atoms with Gasteiger partial charge in [-0.3, -0.25) is 4.90 Å².